The first-order valence-electron chi connectivity index (χ1n) is 20.7. The maximum Gasteiger partial charge on any atom is 0.0541 e. The molecule has 3 heteroatoms. The fraction of sp³-hybridized carbons (Fsp3) is 0.222. The van der Waals surface area contributed by atoms with Crippen LogP contribution in [0.4, 0.5) is 0 Å². The number of aromatic nitrogens is 3. The van der Waals surface area contributed by atoms with Crippen LogP contribution in [0.15, 0.2) is 158 Å². The molecule has 7 aromatic carbocycles. The number of rotatable bonds is 8. The molecule has 0 aliphatic heterocycles. The quantitative estimate of drug-likeness (QED) is 0.147. The molecule has 1 atom stereocenters. The van der Waals surface area contributed by atoms with Gasteiger partial charge in [0, 0.05) is 61.3 Å². The molecular formula is C54H51N3. The summed E-state index contributed by atoms with van der Waals surface area (Å²) in [6.45, 7) is 15.1. The van der Waals surface area contributed by atoms with E-state index < -0.39 is 0 Å². The van der Waals surface area contributed by atoms with Crippen LogP contribution >= 0.6 is 0 Å². The molecule has 0 fully saturated rings. The first-order chi connectivity index (χ1) is 27.6. The lowest BCUT2D eigenvalue weighted by Crippen LogP contribution is -2.26. The maximum absolute atomic E-state index is 2.54. The summed E-state index contributed by atoms with van der Waals surface area (Å²) in [5.41, 5.74) is 13.0. The van der Waals surface area contributed by atoms with Gasteiger partial charge in [-0.05, 0) is 95.0 Å². The van der Waals surface area contributed by atoms with Crippen LogP contribution in [0.25, 0.3) is 76.8 Å². The van der Waals surface area contributed by atoms with E-state index in [9.17, 15) is 0 Å². The minimum absolute atomic E-state index is 0.226. The fourth-order valence-corrected chi connectivity index (χ4v) is 9.67. The van der Waals surface area contributed by atoms with Gasteiger partial charge in [0.05, 0.1) is 22.1 Å². The second-order valence-corrected chi connectivity index (χ2v) is 18.1. The zero-order chi connectivity index (χ0) is 39.1. The standard InChI is InChI=1S/C54H51N3/c1-7-54(5,6)46(34-53(2,3)4)37-26-24-36(25-27-37)35-55-47-30-28-38(56-49-20-12-8-16-40(49)41-17-9-13-21-50(41)56)32-44(47)45-33-39(29-31-48(45)55)57-51-22-14-10-18-42(51)43-19-11-15-23-52(43)57/h8-33,46H,7,34-35H2,1-6H3. The normalized spacial score (nSPS) is 13.2. The van der Waals surface area contributed by atoms with Crippen molar-refractivity contribution in [2.45, 2.75) is 66.8 Å². The van der Waals surface area contributed by atoms with E-state index >= 15 is 0 Å². The molecule has 1 unspecified atom stereocenters. The Balaban J connectivity index is 1.16. The van der Waals surface area contributed by atoms with E-state index in [-0.39, 0.29) is 10.8 Å². The number of para-hydroxylation sites is 4. The third-order valence-electron chi connectivity index (χ3n) is 12.9. The van der Waals surface area contributed by atoms with E-state index in [4.69, 9.17) is 0 Å². The molecule has 57 heavy (non-hydrogen) atoms. The SMILES string of the molecule is CCC(C)(C)C(CC(C)(C)C)c1ccc(Cn2c3ccc(-n4c5ccccc5c5ccccc54)cc3c3cc(-n4c5ccccc5c5ccccc54)ccc32)cc1. The molecule has 0 bridgehead atoms. The lowest BCUT2D eigenvalue weighted by atomic mass is 9.67. The van der Waals surface area contributed by atoms with Crippen LogP contribution < -0.4 is 0 Å². The molecule has 0 radical (unpaired) electrons. The second-order valence-electron chi connectivity index (χ2n) is 18.1. The van der Waals surface area contributed by atoms with Crippen LogP contribution in [0, 0.1) is 10.8 Å². The van der Waals surface area contributed by atoms with Gasteiger partial charge in [0.2, 0.25) is 0 Å². The molecule has 282 valence electrons. The minimum atomic E-state index is 0.226. The Hall–Kier alpha value is -6.06. The molecule has 0 amide bonds. The van der Waals surface area contributed by atoms with Crippen molar-refractivity contribution in [2.75, 3.05) is 0 Å². The lowest BCUT2D eigenvalue weighted by molar-refractivity contribution is 0.203. The molecule has 10 aromatic rings. The summed E-state index contributed by atoms with van der Waals surface area (Å²) in [5.74, 6) is 0.503. The van der Waals surface area contributed by atoms with Gasteiger partial charge < -0.3 is 13.7 Å². The predicted molar refractivity (Wildman–Crippen MR) is 245 cm³/mol. The Bertz CT molecular complexity index is 2840. The minimum Gasteiger partial charge on any atom is -0.336 e. The van der Waals surface area contributed by atoms with Gasteiger partial charge in [-0.25, -0.2) is 0 Å². The number of fused-ring (bicyclic) bond motifs is 9. The van der Waals surface area contributed by atoms with Gasteiger partial charge in [-0.1, -0.05) is 145 Å². The van der Waals surface area contributed by atoms with Crippen LogP contribution in [0.2, 0.25) is 0 Å². The molecule has 10 rings (SSSR count). The van der Waals surface area contributed by atoms with E-state index in [1.165, 1.54) is 94.3 Å². The second kappa shape index (κ2) is 13.3. The summed E-state index contributed by atoms with van der Waals surface area (Å²) >= 11 is 0. The molecule has 3 aromatic heterocycles. The van der Waals surface area contributed by atoms with Crippen molar-refractivity contribution in [3.63, 3.8) is 0 Å². The first-order valence-corrected chi connectivity index (χ1v) is 20.7. The highest BCUT2D eigenvalue weighted by Gasteiger charge is 2.32. The zero-order valence-corrected chi connectivity index (χ0v) is 34.1. The molecule has 0 N–H and O–H groups in total. The van der Waals surface area contributed by atoms with Crippen molar-refractivity contribution < 1.29 is 0 Å². The summed E-state index contributed by atoms with van der Waals surface area (Å²) in [6.07, 6.45) is 2.33. The summed E-state index contributed by atoms with van der Waals surface area (Å²) < 4.78 is 7.41. The van der Waals surface area contributed by atoms with Gasteiger partial charge in [0.15, 0.2) is 0 Å². The van der Waals surface area contributed by atoms with Crippen molar-refractivity contribution >= 4 is 65.4 Å². The van der Waals surface area contributed by atoms with E-state index in [0.29, 0.717) is 5.92 Å². The van der Waals surface area contributed by atoms with Crippen molar-refractivity contribution in [1.29, 1.82) is 0 Å². The van der Waals surface area contributed by atoms with Crippen LogP contribution in [0.3, 0.4) is 0 Å². The highest BCUT2D eigenvalue weighted by Crippen LogP contribution is 2.45. The van der Waals surface area contributed by atoms with Crippen LogP contribution in [0.5, 0.6) is 0 Å². The summed E-state index contributed by atoms with van der Waals surface area (Å²) in [4.78, 5) is 0. The average Bonchev–Trinajstić information content (AvgIpc) is 3.85. The summed E-state index contributed by atoms with van der Waals surface area (Å²) in [6, 6.07) is 59.0. The highest BCUT2D eigenvalue weighted by atomic mass is 15.0. The number of nitrogens with zero attached hydrogens (tertiary/aromatic N) is 3. The smallest absolute Gasteiger partial charge is 0.0541 e. The van der Waals surface area contributed by atoms with Crippen LogP contribution in [0.1, 0.15) is 71.4 Å². The molecule has 0 saturated heterocycles. The topological polar surface area (TPSA) is 14.8 Å². The monoisotopic (exact) mass is 741 g/mol. The van der Waals surface area contributed by atoms with E-state index in [0.717, 1.165) is 13.0 Å². The largest absolute Gasteiger partial charge is 0.336 e. The highest BCUT2D eigenvalue weighted by molar-refractivity contribution is 6.13. The number of benzene rings is 7. The van der Waals surface area contributed by atoms with Crippen molar-refractivity contribution in [3.8, 4) is 11.4 Å². The van der Waals surface area contributed by atoms with Gasteiger partial charge in [-0.15, -0.1) is 0 Å². The van der Waals surface area contributed by atoms with Gasteiger partial charge in [-0.3, -0.25) is 0 Å². The Morgan fingerprint density at radius 2 is 0.842 bits per heavy atom. The third-order valence-corrected chi connectivity index (χ3v) is 12.9. The van der Waals surface area contributed by atoms with E-state index in [1.807, 2.05) is 0 Å². The fourth-order valence-electron chi connectivity index (χ4n) is 9.67. The first kappa shape index (κ1) is 35.4. The maximum atomic E-state index is 2.54. The predicted octanol–water partition coefficient (Wildman–Crippen LogP) is 15.0. The molecule has 3 nitrogen and oxygen atoms in total. The number of hydrogen-bond acceptors (Lipinski definition) is 0. The third kappa shape index (κ3) is 5.86. The van der Waals surface area contributed by atoms with Gasteiger partial charge >= 0.3 is 0 Å². The Morgan fingerprint density at radius 3 is 1.23 bits per heavy atom. The lowest BCUT2D eigenvalue weighted by Gasteiger charge is -2.38. The Morgan fingerprint density at radius 1 is 0.439 bits per heavy atom. The van der Waals surface area contributed by atoms with Crippen molar-refractivity contribution in [3.05, 3.63) is 169 Å². The molecule has 0 aliphatic rings. The molecule has 0 aliphatic carbocycles. The van der Waals surface area contributed by atoms with Crippen molar-refractivity contribution in [2.24, 2.45) is 10.8 Å². The van der Waals surface area contributed by atoms with Crippen LogP contribution in [-0.4, -0.2) is 13.7 Å². The van der Waals surface area contributed by atoms with E-state index in [2.05, 4.69) is 213 Å². The summed E-state index contributed by atoms with van der Waals surface area (Å²) in [7, 11) is 0. The van der Waals surface area contributed by atoms with Crippen molar-refractivity contribution in [1.82, 2.24) is 13.7 Å². The summed E-state index contributed by atoms with van der Waals surface area (Å²) in [5, 5.41) is 7.64. The van der Waals surface area contributed by atoms with Gasteiger partial charge in [-0.2, -0.15) is 0 Å². The Kier molecular flexibility index (Phi) is 8.23. The molecule has 3 heterocycles. The molecule has 0 spiro atoms. The van der Waals surface area contributed by atoms with Crippen LogP contribution in [-0.2, 0) is 6.54 Å². The van der Waals surface area contributed by atoms with Gasteiger partial charge in [0.25, 0.3) is 0 Å². The molecule has 0 saturated carbocycles. The van der Waals surface area contributed by atoms with Gasteiger partial charge in [0.1, 0.15) is 0 Å². The zero-order valence-electron chi connectivity index (χ0n) is 34.1. The molecular weight excluding hydrogens is 691 g/mol. The Labute approximate surface area is 335 Å². The van der Waals surface area contributed by atoms with E-state index in [1.54, 1.807) is 0 Å². The number of hydrogen-bond donors (Lipinski definition) is 0. The average molecular weight is 742 g/mol.